The van der Waals surface area contributed by atoms with Crippen LogP contribution in [0.1, 0.15) is 30.9 Å². The smallest absolute Gasteiger partial charge is 0.244 e. The summed E-state index contributed by atoms with van der Waals surface area (Å²) in [6.07, 6.45) is 1.16. The van der Waals surface area contributed by atoms with Crippen molar-refractivity contribution >= 4 is 29.1 Å². The maximum atomic E-state index is 12.6. The molecule has 0 saturated carbocycles. The van der Waals surface area contributed by atoms with Crippen LogP contribution in [0.25, 0.3) is 0 Å². The van der Waals surface area contributed by atoms with E-state index in [4.69, 9.17) is 0 Å². The standard InChI is InChI=1S/C22H25N3O3/c1-3-16-8-10-17(11-9-16)14-24(2)21(27)12-13-22(28)25-15-20(26)23-18-6-4-5-7-19(18)25/h4-11H,3,12-15H2,1-2H3,(H,23,26). The van der Waals surface area contributed by atoms with Gasteiger partial charge in [-0.15, -0.1) is 0 Å². The number of rotatable bonds is 6. The quantitative estimate of drug-likeness (QED) is 0.839. The second-order valence-corrected chi connectivity index (χ2v) is 6.97. The summed E-state index contributed by atoms with van der Waals surface area (Å²) in [4.78, 5) is 40.0. The lowest BCUT2D eigenvalue weighted by Gasteiger charge is -2.29. The van der Waals surface area contributed by atoms with Crippen LogP contribution in [0.15, 0.2) is 48.5 Å². The van der Waals surface area contributed by atoms with Crippen LogP contribution < -0.4 is 10.2 Å². The van der Waals surface area contributed by atoms with E-state index in [2.05, 4.69) is 24.4 Å². The van der Waals surface area contributed by atoms with Crippen molar-refractivity contribution in [2.75, 3.05) is 23.8 Å². The van der Waals surface area contributed by atoms with Crippen molar-refractivity contribution in [3.63, 3.8) is 0 Å². The molecule has 146 valence electrons. The van der Waals surface area contributed by atoms with Crippen LogP contribution in [0.5, 0.6) is 0 Å². The van der Waals surface area contributed by atoms with Crippen LogP contribution in [0.2, 0.25) is 0 Å². The van der Waals surface area contributed by atoms with Crippen LogP contribution in [-0.4, -0.2) is 36.2 Å². The Bertz CT molecular complexity index is 877. The zero-order valence-electron chi connectivity index (χ0n) is 16.3. The highest BCUT2D eigenvalue weighted by Gasteiger charge is 2.26. The van der Waals surface area contributed by atoms with Gasteiger partial charge < -0.3 is 15.1 Å². The van der Waals surface area contributed by atoms with Gasteiger partial charge in [0.2, 0.25) is 17.7 Å². The maximum Gasteiger partial charge on any atom is 0.244 e. The van der Waals surface area contributed by atoms with Crippen LogP contribution in [0.3, 0.4) is 0 Å². The molecule has 3 amide bonds. The molecule has 1 heterocycles. The van der Waals surface area contributed by atoms with Gasteiger partial charge in [0.15, 0.2) is 0 Å². The molecule has 3 rings (SSSR count). The second kappa shape index (κ2) is 8.69. The van der Waals surface area contributed by atoms with Crippen molar-refractivity contribution in [2.45, 2.75) is 32.7 Å². The number of carbonyl (C=O) groups excluding carboxylic acids is 3. The number of nitrogens with one attached hydrogen (secondary N) is 1. The van der Waals surface area contributed by atoms with Gasteiger partial charge in [0.1, 0.15) is 6.54 Å². The van der Waals surface area contributed by atoms with Gasteiger partial charge in [0.25, 0.3) is 0 Å². The van der Waals surface area contributed by atoms with Crippen LogP contribution >= 0.6 is 0 Å². The van der Waals surface area contributed by atoms with Gasteiger partial charge in [-0.3, -0.25) is 14.4 Å². The first-order chi connectivity index (χ1) is 13.5. The third kappa shape index (κ3) is 4.57. The predicted octanol–water partition coefficient (Wildman–Crippen LogP) is 2.97. The molecule has 28 heavy (non-hydrogen) atoms. The van der Waals surface area contributed by atoms with Gasteiger partial charge in [0, 0.05) is 26.4 Å². The lowest BCUT2D eigenvalue weighted by Crippen LogP contribution is -2.42. The average Bonchev–Trinajstić information content (AvgIpc) is 2.71. The van der Waals surface area contributed by atoms with Crippen molar-refractivity contribution in [2.24, 2.45) is 0 Å². The summed E-state index contributed by atoms with van der Waals surface area (Å²) in [5, 5.41) is 2.76. The van der Waals surface area contributed by atoms with E-state index in [-0.39, 0.29) is 37.1 Å². The highest BCUT2D eigenvalue weighted by molar-refractivity contribution is 6.10. The first kappa shape index (κ1) is 19.6. The van der Waals surface area contributed by atoms with Crippen molar-refractivity contribution in [3.05, 3.63) is 59.7 Å². The number of fused-ring (bicyclic) bond motifs is 1. The Hall–Kier alpha value is -3.15. The molecule has 0 aromatic heterocycles. The summed E-state index contributed by atoms with van der Waals surface area (Å²) in [7, 11) is 1.74. The summed E-state index contributed by atoms with van der Waals surface area (Å²) in [6, 6.07) is 15.4. The number of hydrogen-bond donors (Lipinski definition) is 1. The van der Waals surface area contributed by atoms with E-state index >= 15 is 0 Å². The minimum absolute atomic E-state index is 0.0242. The molecule has 0 spiro atoms. The number of hydrogen-bond acceptors (Lipinski definition) is 3. The Morgan fingerprint density at radius 3 is 2.43 bits per heavy atom. The molecule has 2 aromatic rings. The fraction of sp³-hybridized carbons (Fsp3) is 0.318. The number of carbonyl (C=O) groups is 3. The van der Waals surface area contributed by atoms with Crippen molar-refractivity contribution < 1.29 is 14.4 Å². The topological polar surface area (TPSA) is 69.7 Å². The molecular weight excluding hydrogens is 354 g/mol. The summed E-state index contributed by atoms with van der Waals surface area (Å²) >= 11 is 0. The molecule has 0 saturated heterocycles. The van der Waals surface area contributed by atoms with E-state index in [9.17, 15) is 14.4 Å². The van der Waals surface area contributed by atoms with E-state index in [1.54, 1.807) is 30.1 Å². The minimum Gasteiger partial charge on any atom is -0.341 e. The highest BCUT2D eigenvalue weighted by Crippen LogP contribution is 2.29. The normalized spacial score (nSPS) is 12.9. The summed E-state index contributed by atoms with van der Waals surface area (Å²) in [5.41, 5.74) is 3.60. The zero-order valence-corrected chi connectivity index (χ0v) is 16.3. The molecule has 6 nitrogen and oxygen atoms in total. The Kier molecular flexibility index (Phi) is 6.09. The van der Waals surface area contributed by atoms with Crippen LogP contribution in [0.4, 0.5) is 11.4 Å². The number of benzene rings is 2. The van der Waals surface area contributed by atoms with E-state index in [1.165, 1.54) is 10.5 Å². The fourth-order valence-electron chi connectivity index (χ4n) is 3.24. The molecule has 0 fully saturated rings. The Balaban J connectivity index is 1.56. The molecule has 1 aliphatic heterocycles. The molecule has 0 atom stereocenters. The van der Waals surface area contributed by atoms with Crippen LogP contribution in [0, 0.1) is 0 Å². The molecule has 1 aliphatic rings. The van der Waals surface area contributed by atoms with E-state index in [1.807, 2.05) is 18.2 Å². The van der Waals surface area contributed by atoms with E-state index in [0.717, 1.165) is 12.0 Å². The predicted molar refractivity (Wildman–Crippen MR) is 109 cm³/mol. The molecule has 0 aliphatic carbocycles. The molecular formula is C22H25N3O3. The molecule has 6 heteroatoms. The number of amides is 3. The van der Waals surface area contributed by atoms with Gasteiger partial charge in [-0.05, 0) is 29.7 Å². The number of para-hydroxylation sites is 2. The van der Waals surface area contributed by atoms with Gasteiger partial charge in [0.05, 0.1) is 11.4 Å². The Labute approximate surface area is 165 Å². The summed E-state index contributed by atoms with van der Waals surface area (Å²) in [5.74, 6) is -0.551. The molecule has 0 bridgehead atoms. The third-order valence-electron chi connectivity index (χ3n) is 4.90. The van der Waals surface area contributed by atoms with Crippen molar-refractivity contribution in [3.8, 4) is 0 Å². The SMILES string of the molecule is CCc1ccc(CN(C)C(=O)CCC(=O)N2CC(=O)Nc3ccccc32)cc1. The monoisotopic (exact) mass is 379 g/mol. The van der Waals surface area contributed by atoms with Crippen LogP contribution in [-0.2, 0) is 27.3 Å². The number of aryl methyl sites for hydroxylation is 1. The number of anilines is 2. The lowest BCUT2D eigenvalue weighted by molar-refractivity contribution is -0.132. The molecule has 0 radical (unpaired) electrons. The van der Waals surface area contributed by atoms with E-state index in [0.29, 0.717) is 17.9 Å². The highest BCUT2D eigenvalue weighted by atomic mass is 16.2. The van der Waals surface area contributed by atoms with Crippen molar-refractivity contribution in [1.82, 2.24) is 4.90 Å². The Morgan fingerprint density at radius 2 is 1.71 bits per heavy atom. The van der Waals surface area contributed by atoms with Gasteiger partial charge in [-0.2, -0.15) is 0 Å². The minimum atomic E-state index is -0.231. The van der Waals surface area contributed by atoms with Gasteiger partial charge in [-0.1, -0.05) is 43.3 Å². The lowest BCUT2D eigenvalue weighted by atomic mass is 10.1. The maximum absolute atomic E-state index is 12.6. The summed E-state index contributed by atoms with van der Waals surface area (Å²) < 4.78 is 0. The van der Waals surface area contributed by atoms with E-state index < -0.39 is 0 Å². The second-order valence-electron chi connectivity index (χ2n) is 6.97. The largest absolute Gasteiger partial charge is 0.341 e. The average molecular weight is 379 g/mol. The molecule has 1 N–H and O–H groups in total. The summed E-state index contributed by atoms with van der Waals surface area (Å²) in [6.45, 7) is 2.58. The van der Waals surface area contributed by atoms with Gasteiger partial charge >= 0.3 is 0 Å². The zero-order chi connectivity index (χ0) is 20.1. The Morgan fingerprint density at radius 1 is 1.04 bits per heavy atom. The number of nitrogens with zero attached hydrogens (tertiary/aromatic N) is 2. The fourth-order valence-corrected chi connectivity index (χ4v) is 3.24. The molecule has 2 aromatic carbocycles. The molecule has 0 unspecified atom stereocenters. The van der Waals surface area contributed by atoms with Crippen molar-refractivity contribution in [1.29, 1.82) is 0 Å². The third-order valence-corrected chi connectivity index (χ3v) is 4.90. The van der Waals surface area contributed by atoms with Gasteiger partial charge in [-0.25, -0.2) is 0 Å². The first-order valence-corrected chi connectivity index (χ1v) is 9.49. The first-order valence-electron chi connectivity index (χ1n) is 9.49.